The van der Waals surface area contributed by atoms with Crippen molar-refractivity contribution in [1.82, 2.24) is 9.29 Å². The second-order valence-corrected chi connectivity index (χ2v) is 9.07. The highest BCUT2D eigenvalue weighted by molar-refractivity contribution is 7.89. The molecule has 7 heteroatoms. The van der Waals surface area contributed by atoms with Crippen LogP contribution in [0.15, 0.2) is 47.5 Å². The lowest BCUT2D eigenvalue weighted by Gasteiger charge is -2.37. The average Bonchev–Trinajstić information content (AvgIpc) is 2.95. The van der Waals surface area contributed by atoms with E-state index in [2.05, 4.69) is 4.98 Å². The Labute approximate surface area is 160 Å². The maximum atomic E-state index is 13.3. The number of sulfonamides is 1. The zero-order valence-electron chi connectivity index (χ0n) is 15.5. The second-order valence-electron chi connectivity index (χ2n) is 7.23. The molecule has 144 valence electrons. The van der Waals surface area contributed by atoms with Crippen LogP contribution in [0.3, 0.4) is 0 Å². The minimum Gasteiger partial charge on any atom is -0.496 e. The monoisotopic (exact) mass is 388 g/mol. The van der Waals surface area contributed by atoms with Gasteiger partial charge in [-0.15, -0.1) is 0 Å². The Hall–Kier alpha value is -2.12. The summed E-state index contributed by atoms with van der Waals surface area (Å²) in [5.74, 6) is 1.29. The Kier molecular flexibility index (Phi) is 4.82. The average molecular weight is 388 g/mol. The molecule has 6 nitrogen and oxygen atoms in total. The Bertz CT molecular complexity index is 903. The minimum absolute atomic E-state index is 0.00135. The number of methoxy groups -OCH3 is 1. The molecule has 2 aliphatic rings. The number of ether oxygens (including phenoxy) is 2. The van der Waals surface area contributed by atoms with Crippen molar-refractivity contribution in [3.8, 4) is 11.6 Å². The first-order valence-electron chi connectivity index (χ1n) is 9.25. The lowest BCUT2D eigenvalue weighted by molar-refractivity contribution is 0.0918. The maximum Gasteiger partial charge on any atom is 0.243 e. The van der Waals surface area contributed by atoms with Crippen molar-refractivity contribution in [3.63, 3.8) is 0 Å². The molecule has 0 aliphatic carbocycles. The summed E-state index contributed by atoms with van der Waals surface area (Å²) in [5, 5.41) is 0. The van der Waals surface area contributed by atoms with Crippen LogP contribution in [0.4, 0.5) is 0 Å². The third-order valence-electron chi connectivity index (χ3n) is 5.49. The summed E-state index contributed by atoms with van der Waals surface area (Å²) in [6.07, 6.45) is 4.85. The molecule has 0 N–H and O–H groups in total. The van der Waals surface area contributed by atoms with Gasteiger partial charge in [0.2, 0.25) is 15.9 Å². The van der Waals surface area contributed by atoms with E-state index in [1.54, 1.807) is 35.8 Å². The number of piperidine rings is 1. The fraction of sp³-hybridized carbons (Fsp3) is 0.450. The Morgan fingerprint density at radius 2 is 1.85 bits per heavy atom. The predicted molar refractivity (Wildman–Crippen MR) is 101 cm³/mol. The van der Waals surface area contributed by atoms with E-state index < -0.39 is 10.0 Å². The molecule has 3 heterocycles. The van der Waals surface area contributed by atoms with Crippen LogP contribution in [0, 0.1) is 6.92 Å². The van der Waals surface area contributed by atoms with Crippen LogP contribution in [0.1, 0.15) is 31.2 Å². The predicted octanol–water partition coefficient (Wildman–Crippen LogP) is 3.16. The van der Waals surface area contributed by atoms with Crippen molar-refractivity contribution in [3.05, 3.63) is 48.2 Å². The number of fused-ring (bicyclic) bond motifs is 2. The number of aromatic nitrogens is 1. The fourth-order valence-electron chi connectivity index (χ4n) is 4.29. The van der Waals surface area contributed by atoms with E-state index in [9.17, 15) is 8.42 Å². The number of aryl methyl sites for hydroxylation is 1. The van der Waals surface area contributed by atoms with Gasteiger partial charge < -0.3 is 9.47 Å². The number of nitrogens with zero attached hydrogens (tertiary/aromatic N) is 2. The minimum atomic E-state index is -3.54. The number of benzene rings is 1. The van der Waals surface area contributed by atoms with Crippen LogP contribution in [0.5, 0.6) is 11.6 Å². The van der Waals surface area contributed by atoms with Crippen LogP contribution < -0.4 is 9.47 Å². The Balaban J connectivity index is 1.54. The molecule has 0 amide bonds. The smallest absolute Gasteiger partial charge is 0.243 e. The summed E-state index contributed by atoms with van der Waals surface area (Å²) in [5.41, 5.74) is 0.819. The summed E-state index contributed by atoms with van der Waals surface area (Å²) in [6, 6.07) is 10.6. The normalized spacial score (nSPS) is 25.3. The van der Waals surface area contributed by atoms with Crippen molar-refractivity contribution < 1.29 is 17.9 Å². The molecule has 2 fully saturated rings. The molecule has 4 rings (SSSR count). The van der Waals surface area contributed by atoms with E-state index in [1.807, 2.05) is 25.1 Å². The molecule has 1 aromatic heterocycles. The van der Waals surface area contributed by atoms with Crippen LogP contribution in [0.25, 0.3) is 0 Å². The first-order valence-corrected chi connectivity index (χ1v) is 10.7. The molecule has 2 aromatic rings. The highest BCUT2D eigenvalue weighted by Crippen LogP contribution is 2.41. The first-order chi connectivity index (χ1) is 13.0. The van der Waals surface area contributed by atoms with Crippen molar-refractivity contribution in [2.24, 2.45) is 0 Å². The number of pyridine rings is 1. The van der Waals surface area contributed by atoms with Gasteiger partial charge in [-0.3, -0.25) is 0 Å². The third-order valence-corrected chi connectivity index (χ3v) is 7.49. The summed E-state index contributed by atoms with van der Waals surface area (Å²) in [7, 11) is -1.95. The molecule has 1 aromatic carbocycles. The van der Waals surface area contributed by atoms with Gasteiger partial charge in [-0.05, 0) is 49.6 Å². The molecule has 0 saturated carbocycles. The molecular weight excluding hydrogens is 364 g/mol. The number of hydrogen-bond acceptors (Lipinski definition) is 5. The van der Waals surface area contributed by atoms with Crippen LogP contribution in [-0.4, -0.2) is 43.0 Å². The summed E-state index contributed by atoms with van der Waals surface area (Å²) in [6.45, 7) is 1.86. The van der Waals surface area contributed by atoms with Gasteiger partial charge in [0.15, 0.2) is 0 Å². The zero-order valence-corrected chi connectivity index (χ0v) is 16.4. The van der Waals surface area contributed by atoms with Crippen LogP contribution in [-0.2, 0) is 10.0 Å². The molecule has 27 heavy (non-hydrogen) atoms. The van der Waals surface area contributed by atoms with Crippen molar-refractivity contribution >= 4 is 10.0 Å². The molecule has 2 unspecified atom stereocenters. The Morgan fingerprint density at radius 1 is 1.11 bits per heavy atom. The highest BCUT2D eigenvalue weighted by atomic mass is 32.2. The van der Waals surface area contributed by atoms with Gasteiger partial charge in [0, 0.05) is 37.2 Å². The highest BCUT2D eigenvalue weighted by Gasteiger charge is 2.48. The Morgan fingerprint density at radius 3 is 2.44 bits per heavy atom. The van der Waals surface area contributed by atoms with Crippen LogP contribution >= 0.6 is 0 Å². The topological polar surface area (TPSA) is 68.7 Å². The van der Waals surface area contributed by atoms with Crippen molar-refractivity contribution in [2.75, 3.05) is 7.11 Å². The lowest BCUT2D eigenvalue weighted by atomic mass is 10.0. The number of hydrogen-bond donors (Lipinski definition) is 0. The quantitative estimate of drug-likeness (QED) is 0.787. The van der Waals surface area contributed by atoms with Gasteiger partial charge in [-0.1, -0.05) is 6.07 Å². The standard InChI is InChI=1S/C20H24N2O4S/c1-14-11-18(8-9-19(14)25-2)27(23,24)22-15-6-7-16(22)13-17(12-15)26-20-5-3-4-10-21-20/h3-5,8-11,15-17H,6-7,12-13H2,1-2H3. The van der Waals surface area contributed by atoms with Crippen molar-refractivity contribution in [2.45, 2.75) is 55.7 Å². The van der Waals surface area contributed by atoms with Gasteiger partial charge in [-0.25, -0.2) is 13.4 Å². The van der Waals surface area contributed by atoms with Gasteiger partial charge in [0.05, 0.1) is 12.0 Å². The SMILES string of the molecule is COc1ccc(S(=O)(=O)N2C3CCC2CC(Oc2ccccn2)C3)cc1C. The van der Waals surface area contributed by atoms with Gasteiger partial charge >= 0.3 is 0 Å². The fourth-order valence-corrected chi connectivity index (χ4v) is 6.27. The zero-order chi connectivity index (χ0) is 19.0. The molecule has 2 saturated heterocycles. The summed E-state index contributed by atoms with van der Waals surface area (Å²) >= 11 is 0. The summed E-state index contributed by atoms with van der Waals surface area (Å²) < 4.78 is 39.6. The van der Waals surface area contributed by atoms with Gasteiger partial charge in [0.25, 0.3) is 0 Å². The molecule has 0 spiro atoms. The molecule has 0 radical (unpaired) electrons. The second kappa shape index (κ2) is 7.13. The van der Waals surface area contributed by atoms with E-state index >= 15 is 0 Å². The van der Waals surface area contributed by atoms with Gasteiger partial charge in [-0.2, -0.15) is 4.31 Å². The van der Waals surface area contributed by atoms with E-state index in [4.69, 9.17) is 9.47 Å². The molecule has 2 aliphatic heterocycles. The first kappa shape index (κ1) is 18.3. The lowest BCUT2D eigenvalue weighted by Crippen LogP contribution is -2.49. The van der Waals surface area contributed by atoms with E-state index in [0.717, 1.165) is 18.4 Å². The molecule has 2 bridgehead atoms. The van der Waals surface area contributed by atoms with Crippen LogP contribution in [0.2, 0.25) is 0 Å². The maximum absolute atomic E-state index is 13.3. The van der Waals surface area contributed by atoms with E-state index in [-0.39, 0.29) is 18.2 Å². The van der Waals surface area contributed by atoms with Crippen molar-refractivity contribution in [1.29, 1.82) is 0 Å². The third kappa shape index (κ3) is 3.41. The molecular formula is C20H24N2O4S. The molecule has 2 atom stereocenters. The summed E-state index contributed by atoms with van der Waals surface area (Å²) in [4.78, 5) is 4.55. The van der Waals surface area contributed by atoms with Gasteiger partial charge in [0.1, 0.15) is 11.9 Å². The largest absolute Gasteiger partial charge is 0.496 e. The number of rotatable bonds is 5. The van der Waals surface area contributed by atoms with E-state index in [1.165, 1.54) is 0 Å². The van der Waals surface area contributed by atoms with E-state index in [0.29, 0.717) is 29.4 Å².